The molecule has 1 fully saturated rings. The second-order valence-corrected chi connectivity index (χ2v) is 7.31. The van der Waals surface area contributed by atoms with Crippen LogP contribution in [0.1, 0.15) is 37.7 Å². The number of nitrogens with zero attached hydrogens (tertiary/aromatic N) is 1. The normalized spacial score (nSPS) is 20.8. The van der Waals surface area contributed by atoms with E-state index in [0.717, 1.165) is 24.8 Å². The highest BCUT2D eigenvalue weighted by atomic mass is 35.5. The van der Waals surface area contributed by atoms with Gasteiger partial charge in [-0.1, -0.05) is 30.9 Å². The van der Waals surface area contributed by atoms with Crippen molar-refractivity contribution in [1.29, 1.82) is 5.26 Å². The molecule has 1 aromatic carbocycles. The second-order valence-electron chi connectivity index (χ2n) is 6.87. The molecule has 3 rings (SSSR count). The summed E-state index contributed by atoms with van der Waals surface area (Å²) in [7, 11) is 0. The van der Waals surface area contributed by atoms with Crippen molar-refractivity contribution in [3.63, 3.8) is 0 Å². The number of carbonyl (C=O) groups is 2. The fraction of sp³-hybridized carbons (Fsp3) is 0.526. The number of carbonyl (C=O) groups excluding carboxylic acids is 2. The van der Waals surface area contributed by atoms with Crippen LogP contribution in [0.3, 0.4) is 0 Å². The summed E-state index contributed by atoms with van der Waals surface area (Å²) >= 11 is 5.98. The number of halogens is 1. The molecule has 1 aliphatic heterocycles. The van der Waals surface area contributed by atoms with Gasteiger partial charge >= 0.3 is 5.97 Å². The third kappa shape index (κ3) is 4.28. The number of ether oxygens (including phenoxy) is 2. The van der Waals surface area contributed by atoms with Crippen molar-refractivity contribution in [3.8, 4) is 11.8 Å². The van der Waals surface area contributed by atoms with Crippen LogP contribution in [0, 0.1) is 17.2 Å². The number of hydrogen-bond donors (Lipinski definition) is 1. The number of nitriles is 1. The molecule has 138 valence electrons. The predicted molar refractivity (Wildman–Crippen MR) is 94.7 cm³/mol. The zero-order valence-electron chi connectivity index (χ0n) is 14.4. The number of hydrogen-bond acceptors (Lipinski definition) is 5. The zero-order chi connectivity index (χ0) is 18.6. The smallest absolute Gasteiger partial charge is 0.313 e. The summed E-state index contributed by atoms with van der Waals surface area (Å²) in [6.07, 6.45) is 4.62. The van der Waals surface area contributed by atoms with Gasteiger partial charge in [-0.15, -0.1) is 0 Å². The van der Waals surface area contributed by atoms with Crippen LogP contribution in [-0.2, 0) is 20.7 Å². The standard InChI is InChI=1S/C19H21ClN2O4/c20-15-4-5-16-13(9-15)8-14(10-25-16)18(24)26-11-17(23)22-19(12-21)6-2-1-3-7-19/h4-5,9,14H,1-3,6-8,10-11H2,(H,22,23)/t14-/m0/s1. The Balaban J connectivity index is 1.51. The molecule has 1 aromatic rings. The maximum absolute atomic E-state index is 12.3. The number of nitrogens with one attached hydrogen (secondary N) is 1. The molecule has 1 saturated carbocycles. The molecule has 0 radical (unpaired) electrons. The lowest BCUT2D eigenvalue weighted by Crippen LogP contribution is -2.50. The van der Waals surface area contributed by atoms with E-state index in [0.29, 0.717) is 30.0 Å². The van der Waals surface area contributed by atoms with Crippen molar-refractivity contribution in [3.05, 3.63) is 28.8 Å². The highest BCUT2D eigenvalue weighted by Crippen LogP contribution is 2.30. The van der Waals surface area contributed by atoms with E-state index in [1.165, 1.54) is 0 Å². The number of esters is 1. The van der Waals surface area contributed by atoms with E-state index < -0.39 is 23.3 Å². The van der Waals surface area contributed by atoms with Gasteiger partial charge in [0.05, 0.1) is 12.0 Å². The van der Waals surface area contributed by atoms with Crippen LogP contribution in [0.4, 0.5) is 0 Å². The maximum Gasteiger partial charge on any atom is 0.313 e. The van der Waals surface area contributed by atoms with Crippen LogP contribution < -0.4 is 10.1 Å². The fourth-order valence-electron chi connectivity index (χ4n) is 3.49. The average Bonchev–Trinajstić information content (AvgIpc) is 2.66. The lowest BCUT2D eigenvalue weighted by Gasteiger charge is -2.31. The molecule has 7 heteroatoms. The summed E-state index contributed by atoms with van der Waals surface area (Å²) in [4.78, 5) is 24.4. The van der Waals surface area contributed by atoms with Crippen molar-refractivity contribution in [2.45, 2.75) is 44.1 Å². The summed E-state index contributed by atoms with van der Waals surface area (Å²) in [5.41, 5.74) is 0.0200. The van der Waals surface area contributed by atoms with Gasteiger partial charge in [-0.2, -0.15) is 5.26 Å². The monoisotopic (exact) mass is 376 g/mol. The van der Waals surface area contributed by atoms with Gasteiger partial charge in [0.15, 0.2) is 6.61 Å². The van der Waals surface area contributed by atoms with Gasteiger partial charge in [0.2, 0.25) is 0 Å². The van der Waals surface area contributed by atoms with Crippen LogP contribution >= 0.6 is 11.6 Å². The first-order valence-corrected chi connectivity index (χ1v) is 9.19. The second kappa shape index (κ2) is 7.96. The van der Waals surface area contributed by atoms with Crippen LogP contribution in [0.5, 0.6) is 5.75 Å². The molecule has 2 aliphatic rings. The van der Waals surface area contributed by atoms with E-state index >= 15 is 0 Å². The molecule has 0 unspecified atom stereocenters. The summed E-state index contributed by atoms with van der Waals surface area (Å²) in [6.45, 7) is -0.182. The Bertz CT molecular complexity index is 738. The molecule has 1 aliphatic carbocycles. The Morgan fingerprint density at radius 1 is 1.35 bits per heavy atom. The van der Waals surface area contributed by atoms with Crippen molar-refractivity contribution in [2.75, 3.05) is 13.2 Å². The molecule has 0 spiro atoms. The van der Waals surface area contributed by atoms with Crippen molar-refractivity contribution >= 4 is 23.5 Å². The van der Waals surface area contributed by atoms with Crippen LogP contribution in [0.25, 0.3) is 0 Å². The largest absolute Gasteiger partial charge is 0.492 e. The van der Waals surface area contributed by atoms with E-state index in [4.69, 9.17) is 21.1 Å². The average molecular weight is 377 g/mol. The molecule has 26 heavy (non-hydrogen) atoms. The highest BCUT2D eigenvalue weighted by molar-refractivity contribution is 6.30. The minimum Gasteiger partial charge on any atom is -0.492 e. The quantitative estimate of drug-likeness (QED) is 0.816. The molecule has 0 aromatic heterocycles. The molecular formula is C19H21ClN2O4. The van der Waals surface area contributed by atoms with Gasteiger partial charge in [0.25, 0.3) is 5.91 Å². The van der Waals surface area contributed by atoms with Crippen molar-refractivity contribution in [2.24, 2.45) is 5.92 Å². The Labute approximate surface area is 157 Å². The molecule has 6 nitrogen and oxygen atoms in total. The summed E-state index contributed by atoms with van der Waals surface area (Å²) < 4.78 is 10.7. The molecule has 1 atom stereocenters. The topological polar surface area (TPSA) is 88.4 Å². The van der Waals surface area contributed by atoms with Crippen LogP contribution in [0.2, 0.25) is 5.02 Å². The van der Waals surface area contributed by atoms with Gasteiger partial charge in [-0.25, -0.2) is 0 Å². The lowest BCUT2D eigenvalue weighted by molar-refractivity contribution is -0.154. The summed E-state index contributed by atoms with van der Waals surface area (Å²) in [5.74, 6) is -0.694. The van der Waals surface area contributed by atoms with E-state index in [2.05, 4.69) is 11.4 Å². The third-order valence-electron chi connectivity index (χ3n) is 4.91. The minimum atomic E-state index is -0.828. The van der Waals surface area contributed by atoms with Crippen LogP contribution in [-0.4, -0.2) is 30.6 Å². The molecule has 0 saturated heterocycles. The lowest BCUT2D eigenvalue weighted by atomic mass is 9.83. The third-order valence-corrected chi connectivity index (χ3v) is 5.14. The van der Waals surface area contributed by atoms with Gasteiger partial charge in [-0.3, -0.25) is 9.59 Å². The molecule has 1 heterocycles. The summed E-state index contributed by atoms with van der Waals surface area (Å²) in [6, 6.07) is 7.49. The number of rotatable bonds is 4. The number of fused-ring (bicyclic) bond motifs is 1. The zero-order valence-corrected chi connectivity index (χ0v) is 15.2. The van der Waals surface area contributed by atoms with E-state index in [1.807, 2.05) is 0 Å². The predicted octanol–water partition coefficient (Wildman–Crippen LogP) is 2.78. The Kier molecular flexibility index (Phi) is 5.67. The van der Waals surface area contributed by atoms with E-state index in [-0.39, 0.29) is 13.2 Å². The Morgan fingerprint density at radius 3 is 2.85 bits per heavy atom. The first-order valence-electron chi connectivity index (χ1n) is 8.81. The number of benzene rings is 1. The van der Waals surface area contributed by atoms with Gasteiger partial charge in [0.1, 0.15) is 17.9 Å². The van der Waals surface area contributed by atoms with E-state index in [9.17, 15) is 14.9 Å². The van der Waals surface area contributed by atoms with Crippen LogP contribution in [0.15, 0.2) is 18.2 Å². The summed E-state index contributed by atoms with van der Waals surface area (Å²) in [5, 5.41) is 12.7. The van der Waals surface area contributed by atoms with Crippen molar-refractivity contribution < 1.29 is 19.1 Å². The first-order chi connectivity index (χ1) is 12.5. The Morgan fingerprint density at radius 2 is 2.12 bits per heavy atom. The number of amides is 1. The SMILES string of the molecule is N#CC1(NC(=O)COC(=O)[C@@H]2COc3ccc(Cl)cc3C2)CCCCC1. The van der Waals surface area contributed by atoms with Gasteiger partial charge in [0, 0.05) is 5.02 Å². The molecule has 0 bridgehead atoms. The van der Waals surface area contributed by atoms with Crippen molar-refractivity contribution in [1.82, 2.24) is 5.32 Å². The van der Waals surface area contributed by atoms with E-state index in [1.54, 1.807) is 18.2 Å². The molecule has 1 N–H and O–H groups in total. The first kappa shape index (κ1) is 18.5. The Hall–Kier alpha value is -2.26. The maximum atomic E-state index is 12.3. The van der Waals surface area contributed by atoms with Gasteiger partial charge in [-0.05, 0) is 43.0 Å². The molecular weight excluding hydrogens is 356 g/mol. The molecule has 1 amide bonds. The van der Waals surface area contributed by atoms with Gasteiger partial charge < -0.3 is 14.8 Å². The highest BCUT2D eigenvalue weighted by Gasteiger charge is 2.34. The minimum absolute atomic E-state index is 0.206. The fourth-order valence-corrected chi connectivity index (χ4v) is 3.69.